The second kappa shape index (κ2) is 6.27. The molecule has 0 amide bonds. The van der Waals surface area contributed by atoms with Crippen molar-refractivity contribution >= 4 is 11.4 Å². The minimum atomic E-state index is -2.61. The Labute approximate surface area is 46.2 Å². The maximum absolute atomic E-state index is 8.67. The van der Waals surface area contributed by atoms with Gasteiger partial charge in [-0.2, -0.15) is 4.21 Å². The van der Waals surface area contributed by atoms with Crippen molar-refractivity contribution in [3.63, 3.8) is 0 Å². The van der Waals surface area contributed by atoms with Crippen LogP contribution in [0.15, 0.2) is 0 Å². The average Bonchev–Trinajstić information content (AvgIpc) is 1.25. The molecule has 8 heavy (non-hydrogen) atoms. The van der Waals surface area contributed by atoms with Crippen LogP contribution in [0.1, 0.15) is 0 Å². The minimum absolute atomic E-state index is 1.50. The van der Waals surface area contributed by atoms with Crippen LogP contribution in [0, 0.1) is 10.1 Å². The first-order valence-electron chi connectivity index (χ1n) is 1.10. The number of nitrogens with zero attached hydrogens (tertiary/aromatic N) is 1. The summed E-state index contributed by atoms with van der Waals surface area (Å²) in [6.45, 7) is 0. The monoisotopic (exact) mass is 145 g/mol. The molecule has 0 aromatic heterocycles. The van der Waals surface area contributed by atoms with Gasteiger partial charge in [0.05, 0.1) is 0 Å². The first-order valence-corrected chi connectivity index (χ1v) is 2.16. The molecule has 0 aliphatic heterocycles. The summed E-state index contributed by atoms with van der Waals surface area (Å²) in [6.07, 6.45) is 0. The van der Waals surface area contributed by atoms with Crippen LogP contribution in [0.25, 0.3) is 0 Å². The normalized spacial score (nSPS) is 7.38. The molecule has 0 aliphatic carbocycles. The quantitative estimate of drug-likeness (QED) is 0.236. The highest BCUT2D eigenvalue weighted by molar-refractivity contribution is 7.73. The molecule has 0 aliphatic rings. The van der Waals surface area contributed by atoms with Gasteiger partial charge in [0.25, 0.3) is 16.4 Å². The van der Waals surface area contributed by atoms with Crippen LogP contribution in [0.3, 0.4) is 0 Å². The summed E-state index contributed by atoms with van der Waals surface area (Å²) in [5.74, 6) is 0. The van der Waals surface area contributed by atoms with E-state index in [1.165, 1.54) is 0 Å². The Hall–Kier alpha value is -0.730. The molecule has 7 nitrogen and oxygen atoms in total. The molecule has 0 rings (SSSR count). The fourth-order valence-electron chi connectivity index (χ4n) is 0. The Kier molecular flexibility index (Phi) is 8.07. The van der Waals surface area contributed by atoms with Crippen LogP contribution >= 0.6 is 0 Å². The molecule has 50 valence electrons. The van der Waals surface area contributed by atoms with Gasteiger partial charge in [0.15, 0.2) is 0 Å². The minimum Gasteiger partial charge on any atom is -0.328 e. The second-order valence-electron chi connectivity index (χ2n) is 0.469. The van der Waals surface area contributed by atoms with E-state index in [1.807, 2.05) is 0 Å². The Bertz CT molecular complexity index is 66.5. The van der Waals surface area contributed by atoms with Crippen LogP contribution in [-0.2, 0) is 11.4 Å². The number of hydrogen-bond donors (Lipinski definition) is 3. The van der Waals surface area contributed by atoms with Crippen molar-refractivity contribution in [3.05, 3.63) is 10.1 Å². The average molecular weight is 145 g/mol. The van der Waals surface area contributed by atoms with Crippen molar-refractivity contribution in [2.75, 3.05) is 0 Å². The van der Waals surface area contributed by atoms with Crippen molar-refractivity contribution in [2.45, 2.75) is 0 Å². The Balaban J connectivity index is 0. The van der Waals surface area contributed by atoms with Crippen LogP contribution in [0.5, 0.6) is 0 Å². The molecule has 0 aromatic rings. The van der Waals surface area contributed by atoms with Gasteiger partial charge in [-0.25, -0.2) is 0 Å². The third kappa shape index (κ3) is 180. The van der Waals surface area contributed by atoms with E-state index in [4.69, 9.17) is 28.6 Å². The van der Waals surface area contributed by atoms with Gasteiger partial charge in [-0.1, -0.05) is 0 Å². The maximum atomic E-state index is 8.67. The van der Waals surface area contributed by atoms with E-state index >= 15 is 0 Å². The molecule has 8 heteroatoms. The van der Waals surface area contributed by atoms with E-state index in [0.717, 1.165) is 0 Å². The van der Waals surface area contributed by atoms with Gasteiger partial charge in [0.2, 0.25) is 0 Å². The largest absolute Gasteiger partial charge is 0.328 e. The fraction of sp³-hybridized carbons (Fsp3) is 0. The zero-order valence-corrected chi connectivity index (χ0v) is 4.24. The zero-order valence-electron chi connectivity index (χ0n) is 3.42. The van der Waals surface area contributed by atoms with E-state index in [1.54, 1.807) is 0 Å². The highest BCUT2D eigenvalue weighted by atomic mass is 32.2. The fourth-order valence-corrected chi connectivity index (χ4v) is 0. The van der Waals surface area contributed by atoms with Gasteiger partial charge in [0, 0.05) is 0 Å². The van der Waals surface area contributed by atoms with Crippen molar-refractivity contribution in [2.24, 2.45) is 0 Å². The zero-order chi connectivity index (χ0) is 7.15. The summed E-state index contributed by atoms with van der Waals surface area (Å²) in [5.41, 5.74) is 0. The molecule has 0 heterocycles. The Morgan fingerprint density at radius 2 is 1.50 bits per heavy atom. The van der Waals surface area contributed by atoms with E-state index in [0.29, 0.717) is 0 Å². The van der Waals surface area contributed by atoms with Gasteiger partial charge < -0.3 is 5.21 Å². The van der Waals surface area contributed by atoms with E-state index in [9.17, 15) is 0 Å². The molecule has 0 radical (unpaired) electrons. The van der Waals surface area contributed by atoms with Gasteiger partial charge in [-0.3, -0.25) is 9.11 Å². The predicted octanol–water partition coefficient (Wildman–Crippen LogP) is -0.667. The molecule has 0 spiro atoms. The molecule has 0 aromatic carbocycles. The van der Waals surface area contributed by atoms with Crippen LogP contribution in [0.4, 0.5) is 0 Å². The Morgan fingerprint density at radius 1 is 1.50 bits per heavy atom. The molecular formula is H3NO6S. The first-order chi connectivity index (χ1) is 3.46. The molecule has 3 N–H and O–H groups in total. The summed E-state index contributed by atoms with van der Waals surface area (Å²) in [7, 11) is 0. The smallest absolute Gasteiger partial charge is 0.299 e. The lowest BCUT2D eigenvalue weighted by atomic mass is 13.1. The van der Waals surface area contributed by atoms with Crippen molar-refractivity contribution in [3.8, 4) is 0 Å². The van der Waals surface area contributed by atoms with Gasteiger partial charge in [-0.15, -0.1) is 10.1 Å². The Morgan fingerprint density at radius 3 is 1.50 bits per heavy atom. The standard InChI is InChI=1S/HNO3.H2O3S/c2-1(3)4;1-4(2)3/h(H,2,3,4);(H2,1,2,3). The van der Waals surface area contributed by atoms with E-state index < -0.39 is 16.4 Å². The lowest BCUT2D eigenvalue weighted by molar-refractivity contribution is -0.742. The molecule has 0 bridgehead atoms. The highest BCUT2D eigenvalue weighted by Gasteiger charge is 1.65. The predicted molar refractivity (Wildman–Crippen MR) is 22.2 cm³/mol. The van der Waals surface area contributed by atoms with Crippen molar-refractivity contribution in [1.82, 2.24) is 0 Å². The summed E-state index contributed by atoms with van der Waals surface area (Å²) in [6, 6.07) is 0. The van der Waals surface area contributed by atoms with Crippen LogP contribution in [0.2, 0.25) is 0 Å². The first kappa shape index (κ1) is 10.3. The van der Waals surface area contributed by atoms with Gasteiger partial charge in [-0.05, 0) is 0 Å². The topological polar surface area (TPSA) is 121 Å². The molecule has 0 saturated carbocycles. The van der Waals surface area contributed by atoms with E-state index in [-0.39, 0.29) is 0 Å². The van der Waals surface area contributed by atoms with Crippen LogP contribution in [-0.4, -0.2) is 23.6 Å². The van der Waals surface area contributed by atoms with Gasteiger partial charge in [0.1, 0.15) is 0 Å². The third-order valence-corrected chi connectivity index (χ3v) is 0. The molecule has 0 atom stereocenters. The SMILES string of the molecule is O=S(O)O.O=[N+]([O-])O. The number of hydrogen-bond acceptors (Lipinski definition) is 3. The maximum Gasteiger partial charge on any atom is 0.299 e. The molecule has 0 unspecified atom stereocenters. The summed E-state index contributed by atoms with van der Waals surface area (Å²) in [5, 5.41) is 13.6. The van der Waals surface area contributed by atoms with Crippen molar-refractivity contribution in [1.29, 1.82) is 0 Å². The third-order valence-electron chi connectivity index (χ3n) is 0. The highest BCUT2D eigenvalue weighted by Crippen LogP contribution is 1.44. The van der Waals surface area contributed by atoms with Crippen LogP contribution < -0.4 is 0 Å². The molecule has 0 fully saturated rings. The second-order valence-corrected chi connectivity index (χ2v) is 0.930. The lowest BCUT2D eigenvalue weighted by Crippen LogP contribution is -1.81. The summed E-state index contributed by atoms with van der Waals surface area (Å²) >= 11 is -2.61. The molecule has 0 saturated heterocycles. The lowest BCUT2D eigenvalue weighted by Gasteiger charge is -1.59. The van der Waals surface area contributed by atoms with Crippen molar-refractivity contribution < 1.29 is 23.6 Å². The summed E-state index contributed by atoms with van der Waals surface area (Å²) < 4.78 is 22.8. The van der Waals surface area contributed by atoms with E-state index in [2.05, 4.69) is 0 Å². The molecular weight excluding hydrogens is 142 g/mol. The number of rotatable bonds is 0. The van der Waals surface area contributed by atoms with Gasteiger partial charge >= 0.3 is 0 Å². The summed E-state index contributed by atoms with van der Waals surface area (Å²) in [4.78, 5) is 8.36.